The van der Waals surface area contributed by atoms with Gasteiger partial charge >= 0.3 is 0 Å². The van der Waals surface area contributed by atoms with Crippen LogP contribution in [0.1, 0.15) is 22.3 Å². The topological polar surface area (TPSA) is 38.7 Å². The number of fused-ring (bicyclic) bond motifs is 5. The second-order valence-electron chi connectivity index (χ2n) is 13.8. The van der Waals surface area contributed by atoms with Crippen molar-refractivity contribution in [3.05, 3.63) is 216 Å². The maximum atomic E-state index is 5.00. The van der Waals surface area contributed by atoms with E-state index in [1.807, 2.05) is 60.7 Å². The van der Waals surface area contributed by atoms with E-state index in [2.05, 4.69) is 143 Å². The Labute approximate surface area is 317 Å². The number of hydrogen-bond acceptors (Lipinski definition) is 3. The van der Waals surface area contributed by atoms with Gasteiger partial charge in [-0.3, -0.25) is 0 Å². The van der Waals surface area contributed by atoms with Gasteiger partial charge in [-0.2, -0.15) is 0 Å². The molecule has 0 N–H and O–H groups in total. The van der Waals surface area contributed by atoms with Crippen molar-refractivity contribution in [2.75, 3.05) is 0 Å². The summed E-state index contributed by atoms with van der Waals surface area (Å²) in [6, 6.07) is 69.2. The predicted molar refractivity (Wildman–Crippen MR) is 226 cm³/mol. The lowest BCUT2D eigenvalue weighted by Gasteiger charge is -2.35. The Morgan fingerprint density at radius 2 is 0.852 bits per heavy atom. The van der Waals surface area contributed by atoms with E-state index in [9.17, 15) is 0 Å². The third kappa shape index (κ3) is 5.20. The standard InChI is InChI=1S/C50H34N3P/c54-40-30-29-37-31-42(33-25-27-36(28-26-33)49-52-47(34-15-5-1-6-16-34)51-48(53-49)35-17-7-2-8-18-35)45-41-23-13-14-24-44(41)50(46(45)43(37)32-40,38-19-9-3-10-20-38)39-21-11-4-12-22-39/h1-32H,54H2. The second kappa shape index (κ2) is 13.1. The normalized spacial score (nSPS) is 12.7. The number of hydrogen-bond donors (Lipinski definition) is 0. The minimum absolute atomic E-state index is 0.520. The highest BCUT2D eigenvalue weighted by atomic mass is 31.0. The van der Waals surface area contributed by atoms with Crippen LogP contribution < -0.4 is 5.30 Å². The SMILES string of the molecule is Pc1ccc2cc(-c3ccc(-c4nc(-c5ccccc5)nc(-c5ccccc5)n4)cc3)c3c(c2c1)C(c1ccccc1)(c1ccccc1)c1ccccc1-3. The van der Waals surface area contributed by atoms with Gasteiger partial charge in [-0.05, 0) is 72.7 Å². The van der Waals surface area contributed by atoms with Crippen molar-refractivity contribution >= 4 is 25.3 Å². The summed E-state index contributed by atoms with van der Waals surface area (Å²) >= 11 is 0. The molecule has 0 saturated carbocycles. The highest BCUT2D eigenvalue weighted by Crippen LogP contribution is 2.60. The zero-order valence-electron chi connectivity index (χ0n) is 29.4. The van der Waals surface area contributed by atoms with Crippen LogP contribution >= 0.6 is 9.24 Å². The first kappa shape index (κ1) is 32.1. The average Bonchev–Trinajstić information content (AvgIpc) is 3.57. The predicted octanol–water partition coefficient (Wildman–Crippen LogP) is 11.6. The van der Waals surface area contributed by atoms with Gasteiger partial charge in [0.1, 0.15) is 0 Å². The van der Waals surface area contributed by atoms with Crippen LogP contribution in [0.3, 0.4) is 0 Å². The zero-order chi connectivity index (χ0) is 36.1. The minimum Gasteiger partial charge on any atom is -0.208 e. The molecule has 1 heterocycles. The van der Waals surface area contributed by atoms with Crippen molar-refractivity contribution in [1.82, 2.24) is 15.0 Å². The maximum absolute atomic E-state index is 5.00. The second-order valence-corrected chi connectivity index (χ2v) is 14.5. The molecule has 54 heavy (non-hydrogen) atoms. The molecule has 0 saturated heterocycles. The van der Waals surface area contributed by atoms with E-state index in [1.54, 1.807) is 0 Å². The first-order chi connectivity index (χ1) is 26.7. The van der Waals surface area contributed by atoms with Gasteiger partial charge in [0.2, 0.25) is 0 Å². The van der Waals surface area contributed by atoms with Crippen LogP contribution in [-0.2, 0) is 5.41 Å². The van der Waals surface area contributed by atoms with Gasteiger partial charge < -0.3 is 0 Å². The van der Waals surface area contributed by atoms with Crippen molar-refractivity contribution < 1.29 is 0 Å². The third-order valence-electron chi connectivity index (χ3n) is 10.7. The van der Waals surface area contributed by atoms with E-state index in [0.717, 1.165) is 27.6 Å². The monoisotopic (exact) mass is 707 g/mol. The smallest absolute Gasteiger partial charge is 0.164 e. The van der Waals surface area contributed by atoms with Crippen LogP contribution in [0, 0.1) is 0 Å². The average molecular weight is 708 g/mol. The Hall–Kier alpha value is -6.54. The van der Waals surface area contributed by atoms with Gasteiger partial charge in [-0.15, -0.1) is 9.24 Å². The van der Waals surface area contributed by atoms with Gasteiger partial charge in [0.05, 0.1) is 5.41 Å². The van der Waals surface area contributed by atoms with Crippen LogP contribution in [-0.4, -0.2) is 15.0 Å². The molecule has 0 amide bonds. The number of aromatic nitrogens is 3. The number of rotatable bonds is 6. The maximum Gasteiger partial charge on any atom is 0.164 e. The fourth-order valence-corrected chi connectivity index (χ4v) is 8.62. The highest BCUT2D eigenvalue weighted by molar-refractivity contribution is 7.27. The molecule has 4 heteroatoms. The largest absolute Gasteiger partial charge is 0.208 e. The van der Waals surface area contributed by atoms with Gasteiger partial charge in [-0.1, -0.05) is 182 Å². The molecule has 1 aliphatic rings. The molecule has 254 valence electrons. The lowest BCUT2D eigenvalue weighted by molar-refractivity contribution is 0.775. The van der Waals surface area contributed by atoms with Crippen LogP contribution in [0.25, 0.3) is 67.2 Å². The van der Waals surface area contributed by atoms with Crippen molar-refractivity contribution in [2.24, 2.45) is 0 Å². The summed E-state index contributed by atoms with van der Waals surface area (Å²) in [7, 11) is 2.93. The van der Waals surface area contributed by atoms with Gasteiger partial charge in [0.25, 0.3) is 0 Å². The summed E-state index contributed by atoms with van der Waals surface area (Å²) in [6.07, 6.45) is 0. The van der Waals surface area contributed by atoms with E-state index >= 15 is 0 Å². The summed E-state index contributed by atoms with van der Waals surface area (Å²) in [4.78, 5) is 14.9. The van der Waals surface area contributed by atoms with Crippen molar-refractivity contribution in [2.45, 2.75) is 5.41 Å². The molecule has 3 nitrogen and oxygen atoms in total. The number of nitrogens with zero attached hydrogens (tertiary/aromatic N) is 3. The van der Waals surface area contributed by atoms with E-state index in [4.69, 9.17) is 15.0 Å². The Morgan fingerprint density at radius 3 is 1.41 bits per heavy atom. The molecule has 9 aromatic rings. The lowest BCUT2D eigenvalue weighted by atomic mass is 9.66. The van der Waals surface area contributed by atoms with Crippen LogP contribution in [0.4, 0.5) is 0 Å². The van der Waals surface area contributed by atoms with Crippen molar-refractivity contribution in [3.63, 3.8) is 0 Å². The lowest BCUT2D eigenvalue weighted by Crippen LogP contribution is -2.29. The quantitative estimate of drug-likeness (QED) is 0.162. The molecule has 0 aliphatic heterocycles. The molecule has 8 aromatic carbocycles. The minimum atomic E-state index is -0.520. The van der Waals surface area contributed by atoms with Gasteiger partial charge in [-0.25, -0.2) is 15.0 Å². The van der Waals surface area contributed by atoms with E-state index in [-0.39, 0.29) is 0 Å². The summed E-state index contributed by atoms with van der Waals surface area (Å²) in [5.74, 6) is 1.95. The Balaban J connectivity index is 1.21. The molecule has 1 atom stereocenters. The molecule has 0 bridgehead atoms. The van der Waals surface area contributed by atoms with E-state index < -0.39 is 5.41 Å². The van der Waals surface area contributed by atoms with Gasteiger partial charge in [0.15, 0.2) is 17.5 Å². The molecule has 1 aromatic heterocycles. The molecular formula is C50H34N3P. The molecule has 1 aliphatic carbocycles. The molecule has 0 fully saturated rings. The Kier molecular flexibility index (Phi) is 7.82. The summed E-state index contributed by atoms with van der Waals surface area (Å²) in [5.41, 5.74) is 12.3. The van der Waals surface area contributed by atoms with E-state index in [1.165, 1.54) is 49.7 Å². The molecule has 10 rings (SSSR count). The fraction of sp³-hybridized carbons (Fsp3) is 0.0200. The molecule has 0 spiro atoms. The fourth-order valence-electron chi connectivity index (χ4n) is 8.35. The summed E-state index contributed by atoms with van der Waals surface area (Å²) in [5, 5.41) is 3.63. The number of benzene rings is 8. The van der Waals surface area contributed by atoms with Crippen molar-refractivity contribution in [3.8, 4) is 56.4 Å². The van der Waals surface area contributed by atoms with Gasteiger partial charge in [0, 0.05) is 16.7 Å². The molecular weight excluding hydrogens is 674 g/mol. The summed E-state index contributed by atoms with van der Waals surface area (Å²) in [6.45, 7) is 0. The van der Waals surface area contributed by atoms with Crippen LogP contribution in [0.15, 0.2) is 194 Å². The Bertz CT molecular complexity index is 2710. The Morgan fingerprint density at radius 1 is 0.389 bits per heavy atom. The zero-order valence-corrected chi connectivity index (χ0v) is 30.5. The third-order valence-corrected chi connectivity index (χ3v) is 11.1. The first-order valence-corrected chi connectivity index (χ1v) is 18.8. The molecule has 1 unspecified atom stereocenters. The van der Waals surface area contributed by atoms with E-state index in [0.29, 0.717) is 17.5 Å². The van der Waals surface area contributed by atoms with Crippen molar-refractivity contribution in [1.29, 1.82) is 0 Å². The highest BCUT2D eigenvalue weighted by Gasteiger charge is 2.48. The summed E-state index contributed by atoms with van der Waals surface area (Å²) < 4.78 is 0. The molecule has 0 radical (unpaired) electrons. The van der Waals surface area contributed by atoms with Crippen LogP contribution in [0.5, 0.6) is 0 Å². The first-order valence-electron chi connectivity index (χ1n) is 18.2. The van der Waals surface area contributed by atoms with Crippen LogP contribution in [0.2, 0.25) is 0 Å².